The molecule has 0 heterocycles. The van der Waals surface area contributed by atoms with Gasteiger partial charge in [0.2, 0.25) is 0 Å². The summed E-state index contributed by atoms with van der Waals surface area (Å²) in [7, 11) is 0. The van der Waals surface area contributed by atoms with Gasteiger partial charge in [0.25, 0.3) is 0 Å². The zero-order chi connectivity index (χ0) is 16.8. The highest BCUT2D eigenvalue weighted by atomic mass is 14.1. The van der Waals surface area contributed by atoms with Crippen LogP contribution in [-0.4, -0.2) is 0 Å². The second kappa shape index (κ2) is 13.6. The summed E-state index contributed by atoms with van der Waals surface area (Å²) in [5.41, 5.74) is 4.51. The van der Waals surface area contributed by atoms with E-state index in [0.717, 1.165) is 6.42 Å². The molecular weight excluding hydrogens is 264 g/mol. The van der Waals surface area contributed by atoms with Gasteiger partial charge in [-0.1, -0.05) is 82.1 Å². The molecule has 0 rings (SSSR count). The average molecular weight is 303 g/mol. The molecule has 126 valence electrons. The summed E-state index contributed by atoms with van der Waals surface area (Å²) in [6.07, 6.45) is 18.9. The smallest absolute Gasteiger partial charge is 0.0262 e. The molecule has 1 unspecified atom stereocenters. The Kier molecular flexibility index (Phi) is 13.0. The Balaban J connectivity index is 4.53. The van der Waals surface area contributed by atoms with Crippen LogP contribution in [0.2, 0.25) is 0 Å². The third-order valence-corrected chi connectivity index (χ3v) is 4.22. The first-order valence-corrected chi connectivity index (χ1v) is 9.23. The van der Waals surface area contributed by atoms with Crippen molar-refractivity contribution in [1.29, 1.82) is 0 Å². The van der Waals surface area contributed by atoms with E-state index in [0.29, 0.717) is 5.92 Å². The molecule has 0 saturated carbocycles. The minimum Gasteiger partial charge on any atom is -0.0988 e. The molecule has 0 amide bonds. The van der Waals surface area contributed by atoms with E-state index in [9.17, 15) is 0 Å². The Morgan fingerprint density at radius 3 is 2.18 bits per heavy atom. The summed E-state index contributed by atoms with van der Waals surface area (Å²) >= 11 is 0. The quantitative estimate of drug-likeness (QED) is 0.196. The van der Waals surface area contributed by atoms with Crippen molar-refractivity contribution in [2.24, 2.45) is 5.92 Å². The van der Waals surface area contributed by atoms with Gasteiger partial charge in [0.1, 0.15) is 0 Å². The van der Waals surface area contributed by atoms with Crippen LogP contribution in [0.3, 0.4) is 0 Å². The number of allylic oxidation sites excluding steroid dienone is 7. The standard InChI is InChI=1S/C22H38/c1-7-13-19(5)16-11-12-17-21(10-4)18-20(6)22(14-8-2)15-9-3/h7,10,13,18-19H,4,8-9,11-12,14-17H2,1-3,5-6H3/b13-7-,21-18-. The molecule has 0 aromatic rings. The maximum atomic E-state index is 4.01. The SMILES string of the molecule is C=C/C(=C/C(C)=C(CCC)CCC)CCCCC(C)/C=C\C. The van der Waals surface area contributed by atoms with Gasteiger partial charge in [0.05, 0.1) is 0 Å². The van der Waals surface area contributed by atoms with Gasteiger partial charge in [-0.2, -0.15) is 0 Å². The Morgan fingerprint density at radius 2 is 1.68 bits per heavy atom. The van der Waals surface area contributed by atoms with E-state index < -0.39 is 0 Å². The van der Waals surface area contributed by atoms with E-state index in [-0.39, 0.29) is 0 Å². The lowest BCUT2D eigenvalue weighted by Gasteiger charge is -2.10. The summed E-state index contributed by atoms with van der Waals surface area (Å²) < 4.78 is 0. The van der Waals surface area contributed by atoms with E-state index >= 15 is 0 Å². The van der Waals surface area contributed by atoms with E-state index in [1.165, 1.54) is 56.1 Å². The van der Waals surface area contributed by atoms with Crippen LogP contribution in [0.15, 0.2) is 47.6 Å². The third kappa shape index (κ3) is 9.82. The van der Waals surface area contributed by atoms with Crippen LogP contribution in [0.5, 0.6) is 0 Å². The van der Waals surface area contributed by atoms with Crippen molar-refractivity contribution >= 4 is 0 Å². The predicted molar refractivity (Wildman–Crippen MR) is 103 cm³/mol. The van der Waals surface area contributed by atoms with Crippen molar-refractivity contribution in [2.45, 2.75) is 86.0 Å². The molecule has 0 N–H and O–H groups in total. The fraction of sp³-hybridized carbons (Fsp3) is 0.636. The Hall–Kier alpha value is -1.04. The van der Waals surface area contributed by atoms with Crippen LogP contribution in [0.4, 0.5) is 0 Å². The highest BCUT2D eigenvalue weighted by Gasteiger charge is 2.02. The summed E-state index contributed by atoms with van der Waals surface area (Å²) in [6.45, 7) is 15.2. The molecule has 0 radical (unpaired) electrons. The Morgan fingerprint density at radius 1 is 1.05 bits per heavy atom. The third-order valence-electron chi connectivity index (χ3n) is 4.22. The second-order valence-corrected chi connectivity index (χ2v) is 6.46. The number of hydrogen-bond donors (Lipinski definition) is 0. The van der Waals surface area contributed by atoms with Crippen LogP contribution >= 0.6 is 0 Å². The van der Waals surface area contributed by atoms with Gasteiger partial charge in [-0.3, -0.25) is 0 Å². The van der Waals surface area contributed by atoms with Crippen LogP contribution in [0.25, 0.3) is 0 Å². The number of hydrogen-bond acceptors (Lipinski definition) is 0. The molecule has 0 saturated heterocycles. The minimum absolute atomic E-state index is 0.712. The first kappa shape index (κ1) is 21.0. The average Bonchev–Trinajstić information content (AvgIpc) is 2.50. The molecule has 1 atom stereocenters. The molecule has 0 aliphatic rings. The van der Waals surface area contributed by atoms with Gasteiger partial charge in [0, 0.05) is 0 Å². The summed E-state index contributed by atoms with van der Waals surface area (Å²) in [5.74, 6) is 0.712. The summed E-state index contributed by atoms with van der Waals surface area (Å²) in [5, 5.41) is 0. The predicted octanol–water partition coefficient (Wildman–Crippen LogP) is 7.79. The first-order chi connectivity index (χ1) is 10.6. The molecule has 0 aromatic carbocycles. The summed E-state index contributed by atoms with van der Waals surface area (Å²) in [6, 6.07) is 0. The molecule has 0 aliphatic heterocycles. The van der Waals surface area contributed by atoms with Crippen molar-refractivity contribution < 1.29 is 0 Å². The van der Waals surface area contributed by atoms with Gasteiger partial charge >= 0.3 is 0 Å². The lowest BCUT2D eigenvalue weighted by molar-refractivity contribution is 0.581. The van der Waals surface area contributed by atoms with Crippen molar-refractivity contribution in [3.63, 3.8) is 0 Å². The topological polar surface area (TPSA) is 0 Å². The molecule has 0 spiro atoms. The summed E-state index contributed by atoms with van der Waals surface area (Å²) in [4.78, 5) is 0. The van der Waals surface area contributed by atoms with Crippen LogP contribution in [0.1, 0.15) is 86.0 Å². The van der Waals surface area contributed by atoms with Gasteiger partial charge in [0.15, 0.2) is 0 Å². The van der Waals surface area contributed by atoms with Crippen molar-refractivity contribution in [3.8, 4) is 0 Å². The van der Waals surface area contributed by atoms with Crippen molar-refractivity contribution in [2.75, 3.05) is 0 Å². The molecule has 0 bridgehead atoms. The molecule has 0 aromatic heterocycles. The van der Waals surface area contributed by atoms with Crippen molar-refractivity contribution in [1.82, 2.24) is 0 Å². The molecule has 0 heteroatoms. The molecule has 0 aliphatic carbocycles. The van der Waals surface area contributed by atoms with E-state index in [2.05, 4.69) is 59.4 Å². The highest BCUT2D eigenvalue weighted by Crippen LogP contribution is 2.21. The molecule has 22 heavy (non-hydrogen) atoms. The first-order valence-electron chi connectivity index (χ1n) is 9.23. The lowest BCUT2D eigenvalue weighted by Crippen LogP contribution is -1.91. The zero-order valence-corrected chi connectivity index (χ0v) is 15.8. The molecule has 0 fully saturated rings. The van der Waals surface area contributed by atoms with Gasteiger partial charge in [-0.15, -0.1) is 0 Å². The fourth-order valence-electron chi connectivity index (χ4n) is 2.96. The normalized spacial score (nSPS) is 13.4. The Labute approximate surface area is 140 Å². The van der Waals surface area contributed by atoms with E-state index in [1.54, 1.807) is 5.57 Å². The molecule has 0 nitrogen and oxygen atoms in total. The van der Waals surface area contributed by atoms with Crippen LogP contribution in [0, 0.1) is 5.92 Å². The number of unbranched alkanes of at least 4 members (excludes halogenated alkanes) is 1. The van der Waals surface area contributed by atoms with Crippen molar-refractivity contribution in [3.05, 3.63) is 47.6 Å². The van der Waals surface area contributed by atoms with E-state index in [1.807, 2.05) is 6.08 Å². The number of rotatable bonds is 12. The fourth-order valence-corrected chi connectivity index (χ4v) is 2.96. The maximum absolute atomic E-state index is 4.01. The van der Waals surface area contributed by atoms with Gasteiger partial charge in [-0.25, -0.2) is 0 Å². The maximum Gasteiger partial charge on any atom is -0.0262 e. The monoisotopic (exact) mass is 302 g/mol. The van der Waals surface area contributed by atoms with E-state index in [4.69, 9.17) is 0 Å². The second-order valence-electron chi connectivity index (χ2n) is 6.46. The Bertz CT molecular complexity index is 371. The minimum atomic E-state index is 0.712. The zero-order valence-electron chi connectivity index (χ0n) is 15.8. The van der Waals surface area contributed by atoms with Crippen LogP contribution < -0.4 is 0 Å². The van der Waals surface area contributed by atoms with Gasteiger partial charge in [-0.05, 0) is 57.4 Å². The molecular formula is C22H38. The van der Waals surface area contributed by atoms with Gasteiger partial charge < -0.3 is 0 Å². The van der Waals surface area contributed by atoms with Crippen LogP contribution in [-0.2, 0) is 0 Å². The lowest BCUT2D eigenvalue weighted by atomic mass is 9.96. The largest absolute Gasteiger partial charge is 0.0988 e. The highest BCUT2D eigenvalue weighted by molar-refractivity contribution is 5.31.